The number of halogens is 2. The molecule has 0 nitrogen and oxygen atoms in total. The van der Waals surface area contributed by atoms with E-state index in [0.717, 1.165) is 5.02 Å². The fraction of sp³-hybridized carbons (Fsp3) is 0.143. The molecule has 1 aromatic rings. The van der Waals surface area contributed by atoms with Crippen molar-refractivity contribution in [1.82, 2.24) is 0 Å². The summed E-state index contributed by atoms with van der Waals surface area (Å²) in [5, 5.41) is 2.03. The Morgan fingerprint density at radius 3 is 2.50 bits per heavy atom. The molecule has 1 rings (SSSR count). The predicted molar refractivity (Wildman–Crippen MR) is 50.6 cm³/mol. The van der Waals surface area contributed by atoms with Gasteiger partial charge >= 0.3 is 69.8 Å². The molecule has 0 aliphatic carbocycles. The molecule has 1 aromatic carbocycles. The van der Waals surface area contributed by atoms with Gasteiger partial charge in [-0.25, -0.2) is 0 Å². The fourth-order valence-corrected chi connectivity index (χ4v) is 1.56. The summed E-state index contributed by atoms with van der Waals surface area (Å²) in [4.78, 5) is 0. The number of hydrogen-bond donors (Lipinski definition) is 0. The standard InChI is InChI=1S/C7H6Cl.HI.Zn/c1-6-3-2-4-7(8)5-6;;/h2-5H,1H2;1H;. The van der Waals surface area contributed by atoms with E-state index in [1.807, 2.05) is 18.2 Å². The number of rotatable bonds is 1. The minimum Gasteiger partial charge on any atom is -0.107 e. The maximum absolute atomic E-state index is 5.74. The van der Waals surface area contributed by atoms with E-state index in [-0.39, 0.29) is 24.0 Å². The summed E-state index contributed by atoms with van der Waals surface area (Å²) < 4.78 is 0. The first kappa shape index (κ1) is 10.9. The minimum absolute atomic E-state index is 0. The molecule has 0 unspecified atom stereocenters. The van der Waals surface area contributed by atoms with Crippen molar-refractivity contribution >= 4 is 35.6 Å². The molecule has 0 aliphatic heterocycles. The van der Waals surface area contributed by atoms with E-state index in [9.17, 15) is 0 Å². The summed E-state index contributed by atoms with van der Waals surface area (Å²) >= 11 is 7.04. The second kappa shape index (κ2) is 5.51. The maximum atomic E-state index is 5.74. The molecule has 0 saturated carbocycles. The largest absolute Gasteiger partial charge is 0.107 e. The van der Waals surface area contributed by atoms with Crippen LogP contribution < -0.4 is 0 Å². The summed E-state index contributed by atoms with van der Waals surface area (Å²) in [7, 11) is 0. The van der Waals surface area contributed by atoms with Gasteiger partial charge in [0.1, 0.15) is 0 Å². The molecule has 0 amide bonds. The smallest absolute Gasteiger partial charge is 0.107 e. The average Bonchev–Trinajstić information content (AvgIpc) is 1.88. The van der Waals surface area contributed by atoms with Crippen LogP contribution in [0.4, 0.5) is 0 Å². The average molecular weight is 319 g/mol. The number of benzene rings is 1. The Bertz CT molecular complexity index is 203. The zero-order valence-corrected chi connectivity index (χ0v) is 11.6. The Kier molecular flexibility index (Phi) is 5.98. The van der Waals surface area contributed by atoms with E-state index in [2.05, 4.69) is 6.07 Å². The Morgan fingerprint density at radius 2 is 2.10 bits per heavy atom. The molecule has 0 N–H and O–H groups in total. The van der Waals surface area contributed by atoms with Crippen LogP contribution in [0.3, 0.4) is 0 Å². The van der Waals surface area contributed by atoms with Gasteiger partial charge in [-0.15, -0.1) is 24.0 Å². The van der Waals surface area contributed by atoms with Crippen LogP contribution in [0.2, 0.25) is 5.02 Å². The van der Waals surface area contributed by atoms with Crippen LogP contribution >= 0.6 is 35.6 Å². The third kappa shape index (κ3) is 3.31. The van der Waals surface area contributed by atoms with Gasteiger partial charge in [-0.1, -0.05) is 0 Å². The molecular formula is C7H7ClIZn. The molecule has 0 saturated heterocycles. The summed E-state index contributed by atoms with van der Waals surface area (Å²) in [6.07, 6.45) is 0. The second-order valence-electron chi connectivity index (χ2n) is 1.88. The van der Waals surface area contributed by atoms with Crippen LogP contribution in [-0.2, 0) is 23.3 Å². The molecule has 3 heteroatoms. The van der Waals surface area contributed by atoms with Gasteiger partial charge in [0.2, 0.25) is 0 Å². The SMILES string of the molecule is Clc1cccc([CH2][Zn])c1.I. The molecule has 10 heavy (non-hydrogen) atoms. The Balaban J connectivity index is 0.000000810. The van der Waals surface area contributed by atoms with Gasteiger partial charge in [0, 0.05) is 0 Å². The topological polar surface area (TPSA) is 0 Å². The molecular weight excluding hydrogens is 312 g/mol. The minimum atomic E-state index is 0. The van der Waals surface area contributed by atoms with Crippen LogP contribution in [0, 0.1) is 0 Å². The fourth-order valence-electron chi connectivity index (χ4n) is 0.692. The summed E-state index contributed by atoms with van der Waals surface area (Å²) in [5.41, 5.74) is 1.35. The van der Waals surface area contributed by atoms with Crippen molar-refractivity contribution in [3.63, 3.8) is 0 Å². The van der Waals surface area contributed by atoms with Crippen molar-refractivity contribution in [2.75, 3.05) is 0 Å². The van der Waals surface area contributed by atoms with Crippen molar-refractivity contribution in [3.05, 3.63) is 34.9 Å². The first-order chi connectivity index (χ1) is 4.33. The second-order valence-corrected chi connectivity index (χ2v) is 3.37. The summed E-state index contributed by atoms with van der Waals surface area (Å²) in [6.45, 7) is 0. The van der Waals surface area contributed by atoms with Gasteiger partial charge in [0.25, 0.3) is 0 Å². The molecule has 0 aromatic heterocycles. The van der Waals surface area contributed by atoms with Crippen LogP contribution in [-0.4, -0.2) is 0 Å². The van der Waals surface area contributed by atoms with E-state index in [1.54, 1.807) is 0 Å². The Hall–Kier alpha value is 0.863. The van der Waals surface area contributed by atoms with Gasteiger partial charge in [-0.2, -0.15) is 0 Å². The zero-order valence-electron chi connectivity index (χ0n) is 5.51. The molecule has 0 radical (unpaired) electrons. The first-order valence-corrected chi connectivity index (χ1v) is 5.34. The van der Waals surface area contributed by atoms with Crippen LogP contribution in [0.5, 0.6) is 0 Å². The molecule has 0 fully saturated rings. The van der Waals surface area contributed by atoms with Gasteiger partial charge in [0.05, 0.1) is 0 Å². The van der Waals surface area contributed by atoms with Crippen LogP contribution in [0.15, 0.2) is 24.3 Å². The third-order valence-corrected chi connectivity index (χ3v) is 2.62. The molecule has 0 spiro atoms. The van der Waals surface area contributed by atoms with Gasteiger partial charge in [0.15, 0.2) is 0 Å². The van der Waals surface area contributed by atoms with Crippen molar-refractivity contribution in [2.45, 2.75) is 5.02 Å². The maximum Gasteiger partial charge on any atom is -0.107 e. The molecule has 0 aliphatic rings. The van der Waals surface area contributed by atoms with E-state index in [0.29, 0.717) is 0 Å². The third-order valence-electron chi connectivity index (χ3n) is 1.18. The summed E-state index contributed by atoms with van der Waals surface area (Å²) in [6, 6.07) is 8.02. The number of hydrogen-bond acceptors (Lipinski definition) is 0. The normalized spacial score (nSPS) is 8.70. The zero-order chi connectivity index (χ0) is 6.69. The quantitative estimate of drug-likeness (QED) is 0.551. The van der Waals surface area contributed by atoms with Gasteiger partial charge in [-0.05, 0) is 0 Å². The predicted octanol–water partition coefficient (Wildman–Crippen LogP) is 3.00. The van der Waals surface area contributed by atoms with E-state index < -0.39 is 0 Å². The van der Waals surface area contributed by atoms with Crippen molar-refractivity contribution in [1.29, 1.82) is 0 Å². The summed E-state index contributed by atoms with van der Waals surface area (Å²) in [5.74, 6) is 0. The molecule has 0 bridgehead atoms. The molecule has 0 atom stereocenters. The van der Waals surface area contributed by atoms with Crippen LogP contribution in [0.25, 0.3) is 0 Å². The van der Waals surface area contributed by atoms with Crippen molar-refractivity contribution in [2.24, 2.45) is 0 Å². The van der Waals surface area contributed by atoms with E-state index in [4.69, 9.17) is 11.6 Å². The Morgan fingerprint density at radius 1 is 1.40 bits per heavy atom. The van der Waals surface area contributed by atoms with Gasteiger partial charge in [-0.3, -0.25) is 0 Å². The van der Waals surface area contributed by atoms with Crippen molar-refractivity contribution < 1.29 is 18.3 Å². The van der Waals surface area contributed by atoms with E-state index in [1.165, 1.54) is 28.9 Å². The molecule has 51 valence electrons. The van der Waals surface area contributed by atoms with Crippen LogP contribution in [0.1, 0.15) is 5.56 Å². The van der Waals surface area contributed by atoms with Crippen molar-refractivity contribution in [3.8, 4) is 0 Å². The molecule has 0 heterocycles. The first-order valence-electron chi connectivity index (χ1n) is 2.86. The van der Waals surface area contributed by atoms with E-state index >= 15 is 0 Å². The van der Waals surface area contributed by atoms with Gasteiger partial charge < -0.3 is 0 Å². The Labute approximate surface area is 93.0 Å². The monoisotopic (exact) mass is 317 g/mol.